The zero-order valence-corrected chi connectivity index (χ0v) is 38.2. The molecular formula is C58H67FN4O2. The fourth-order valence-corrected chi connectivity index (χ4v) is 12.5. The van der Waals surface area contributed by atoms with Crippen molar-refractivity contribution in [1.82, 2.24) is 19.6 Å². The van der Waals surface area contributed by atoms with Crippen LogP contribution in [0.4, 0.5) is 4.39 Å². The number of carbonyl (C=O) groups is 2. The Hall–Kier alpha value is -5.11. The van der Waals surface area contributed by atoms with Gasteiger partial charge in [-0.15, -0.1) is 0 Å². The van der Waals surface area contributed by atoms with Crippen LogP contribution in [-0.2, 0) is 4.79 Å². The molecule has 5 aromatic rings. The summed E-state index contributed by atoms with van der Waals surface area (Å²) in [5.41, 5.74) is 8.07. The van der Waals surface area contributed by atoms with Gasteiger partial charge in [-0.1, -0.05) is 141 Å². The molecule has 6 nitrogen and oxygen atoms in total. The van der Waals surface area contributed by atoms with Crippen LogP contribution in [0.1, 0.15) is 114 Å². The molecule has 0 aromatic heterocycles. The van der Waals surface area contributed by atoms with Crippen LogP contribution in [0.25, 0.3) is 11.1 Å². The SMILES string of the molecule is O=C(c1ccccc1F)N1CC(CN2CCC(c3ccccc3)CC2)[C@@H](c2cccc(-c3ccc(C4CCN(CC5CN(C(=O)C6CCCCC6)C[C@@H]5c5ccccc5)CC4)cc3)c2)C1. The van der Waals surface area contributed by atoms with Crippen molar-refractivity contribution in [3.8, 4) is 11.1 Å². The molecule has 4 atom stereocenters. The molecule has 338 valence electrons. The van der Waals surface area contributed by atoms with Crippen molar-refractivity contribution < 1.29 is 14.0 Å². The summed E-state index contributed by atoms with van der Waals surface area (Å²) in [5.74, 6) is 2.39. The summed E-state index contributed by atoms with van der Waals surface area (Å²) < 4.78 is 14.9. The number of halogens is 1. The van der Waals surface area contributed by atoms with Crippen LogP contribution in [0, 0.1) is 23.6 Å². The summed E-state index contributed by atoms with van der Waals surface area (Å²) in [4.78, 5) is 37.0. The van der Waals surface area contributed by atoms with E-state index in [0.717, 1.165) is 90.9 Å². The smallest absolute Gasteiger partial charge is 0.256 e. The van der Waals surface area contributed by atoms with Crippen molar-refractivity contribution in [1.29, 1.82) is 0 Å². The summed E-state index contributed by atoms with van der Waals surface area (Å²) in [6.45, 7) is 9.22. The number of rotatable bonds is 11. The number of piperidine rings is 2. The van der Waals surface area contributed by atoms with Crippen LogP contribution < -0.4 is 0 Å². The largest absolute Gasteiger partial charge is 0.341 e. The summed E-state index contributed by atoms with van der Waals surface area (Å²) >= 11 is 0. The number of hydrogen-bond acceptors (Lipinski definition) is 4. The van der Waals surface area contributed by atoms with Crippen LogP contribution in [-0.4, -0.2) is 96.9 Å². The summed E-state index contributed by atoms with van der Waals surface area (Å²) in [5, 5.41) is 0. The molecule has 0 radical (unpaired) electrons. The molecule has 0 bridgehead atoms. The minimum Gasteiger partial charge on any atom is -0.341 e. The Bertz CT molecular complexity index is 2350. The molecule has 1 saturated carbocycles. The molecule has 4 aliphatic heterocycles. The van der Waals surface area contributed by atoms with Gasteiger partial charge in [0.15, 0.2) is 0 Å². The average molecular weight is 871 g/mol. The van der Waals surface area contributed by atoms with E-state index in [9.17, 15) is 14.0 Å². The number of hydrogen-bond donors (Lipinski definition) is 0. The molecule has 65 heavy (non-hydrogen) atoms. The molecule has 7 heteroatoms. The van der Waals surface area contributed by atoms with E-state index in [1.165, 1.54) is 58.7 Å². The lowest BCUT2D eigenvalue weighted by Gasteiger charge is -2.35. The van der Waals surface area contributed by atoms with Crippen molar-refractivity contribution in [2.24, 2.45) is 17.8 Å². The number of carbonyl (C=O) groups excluding carboxylic acids is 2. The van der Waals surface area contributed by atoms with Gasteiger partial charge in [0.05, 0.1) is 5.56 Å². The third-order valence-corrected chi connectivity index (χ3v) is 16.2. The van der Waals surface area contributed by atoms with Crippen LogP contribution in [0.3, 0.4) is 0 Å². The maximum Gasteiger partial charge on any atom is 0.256 e. The van der Waals surface area contributed by atoms with E-state index in [4.69, 9.17) is 0 Å². The highest BCUT2D eigenvalue weighted by atomic mass is 19.1. The Morgan fingerprint density at radius 1 is 0.477 bits per heavy atom. The van der Waals surface area contributed by atoms with E-state index in [0.29, 0.717) is 42.7 Å². The molecule has 5 aromatic carbocycles. The van der Waals surface area contributed by atoms with Gasteiger partial charge in [0.25, 0.3) is 5.91 Å². The van der Waals surface area contributed by atoms with Gasteiger partial charge in [-0.05, 0) is 134 Å². The van der Waals surface area contributed by atoms with Crippen molar-refractivity contribution in [3.05, 3.63) is 167 Å². The zero-order chi connectivity index (χ0) is 44.1. The zero-order valence-electron chi connectivity index (χ0n) is 38.2. The Balaban J connectivity index is 0.786. The second kappa shape index (κ2) is 20.2. The predicted octanol–water partition coefficient (Wildman–Crippen LogP) is 11.2. The number of likely N-dealkylation sites (tertiary alicyclic amines) is 4. The van der Waals surface area contributed by atoms with Crippen LogP contribution in [0.5, 0.6) is 0 Å². The molecule has 2 unspecified atom stereocenters. The molecule has 1 aliphatic carbocycles. The van der Waals surface area contributed by atoms with E-state index in [1.807, 2.05) is 4.90 Å². The van der Waals surface area contributed by atoms with E-state index in [1.54, 1.807) is 18.2 Å². The first-order chi connectivity index (χ1) is 31.9. The van der Waals surface area contributed by atoms with Crippen molar-refractivity contribution in [2.45, 2.75) is 81.5 Å². The average Bonchev–Trinajstić information content (AvgIpc) is 4.00. The van der Waals surface area contributed by atoms with Gasteiger partial charge in [-0.25, -0.2) is 4.39 Å². The first-order valence-corrected chi connectivity index (χ1v) is 25.0. The summed E-state index contributed by atoms with van der Waals surface area (Å²) in [7, 11) is 0. The number of benzene rings is 5. The van der Waals surface area contributed by atoms with Crippen molar-refractivity contribution in [3.63, 3.8) is 0 Å². The van der Waals surface area contributed by atoms with Gasteiger partial charge in [-0.3, -0.25) is 9.59 Å². The van der Waals surface area contributed by atoms with Gasteiger partial charge >= 0.3 is 0 Å². The van der Waals surface area contributed by atoms with Crippen LogP contribution in [0.2, 0.25) is 0 Å². The van der Waals surface area contributed by atoms with Gasteiger partial charge in [0.2, 0.25) is 5.91 Å². The summed E-state index contributed by atoms with van der Waals surface area (Å²) in [6.07, 6.45) is 10.4. The Morgan fingerprint density at radius 3 is 1.63 bits per heavy atom. The highest BCUT2D eigenvalue weighted by Gasteiger charge is 2.41. The first-order valence-electron chi connectivity index (χ1n) is 25.0. The van der Waals surface area contributed by atoms with E-state index >= 15 is 0 Å². The Labute approximate surface area is 386 Å². The highest BCUT2D eigenvalue weighted by molar-refractivity contribution is 5.94. The van der Waals surface area contributed by atoms with Gasteiger partial charge in [0.1, 0.15) is 5.82 Å². The lowest BCUT2D eigenvalue weighted by atomic mass is 9.85. The van der Waals surface area contributed by atoms with Crippen molar-refractivity contribution in [2.75, 3.05) is 65.4 Å². The minimum atomic E-state index is -0.451. The first kappa shape index (κ1) is 43.8. The number of nitrogens with zero attached hydrogens (tertiary/aromatic N) is 4. The van der Waals surface area contributed by atoms with Gasteiger partial charge in [0, 0.05) is 57.0 Å². The molecule has 4 heterocycles. The molecule has 4 saturated heterocycles. The highest BCUT2D eigenvalue weighted by Crippen LogP contribution is 2.40. The topological polar surface area (TPSA) is 47.1 Å². The lowest BCUT2D eigenvalue weighted by molar-refractivity contribution is -0.135. The fourth-order valence-electron chi connectivity index (χ4n) is 12.5. The molecule has 5 fully saturated rings. The molecule has 2 amide bonds. The van der Waals surface area contributed by atoms with Gasteiger partial charge < -0.3 is 19.6 Å². The standard InChI is InChI=1S/C58H67FN4O2/c59-56-22-11-10-21-53(56)58(65)63-39-52(37-61-31-27-45(28-32-61)42-13-4-1-5-14-42)55(41-63)50-20-12-19-49(35-50)44-25-23-43(24-26-44)46-29-33-60(34-30-46)36-51-38-62(57(64)48-17-8-3-9-18-48)40-54(51)47-15-6-2-7-16-47/h1-2,4-7,10-16,19-26,35,45-46,48,51-52,54-55H,3,8-9,17-18,27-34,36-41H2/t51?,52?,54-,55-/m1/s1. The monoisotopic (exact) mass is 871 g/mol. The lowest BCUT2D eigenvalue weighted by Crippen LogP contribution is -2.39. The second-order valence-corrected chi connectivity index (χ2v) is 20.2. The number of amides is 2. The third kappa shape index (κ3) is 10.0. The maximum atomic E-state index is 14.9. The van der Waals surface area contributed by atoms with Gasteiger partial charge in [-0.2, -0.15) is 0 Å². The predicted molar refractivity (Wildman–Crippen MR) is 260 cm³/mol. The molecule has 10 rings (SSSR count). The third-order valence-electron chi connectivity index (χ3n) is 16.2. The van der Waals surface area contributed by atoms with E-state index < -0.39 is 5.82 Å². The Kier molecular flexibility index (Phi) is 13.6. The van der Waals surface area contributed by atoms with E-state index in [2.05, 4.69) is 124 Å². The fraction of sp³-hybridized carbons (Fsp3) is 0.448. The van der Waals surface area contributed by atoms with Crippen LogP contribution >= 0.6 is 0 Å². The van der Waals surface area contributed by atoms with E-state index in [-0.39, 0.29) is 29.2 Å². The quantitative estimate of drug-likeness (QED) is 0.133. The molecule has 0 N–H and O–H groups in total. The summed E-state index contributed by atoms with van der Waals surface area (Å²) in [6, 6.07) is 46.6. The normalized spacial score (nSPS) is 24.1. The Morgan fingerprint density at radius 2 is 1.00 bits per heavy atom. The minimum absolute atomic E-state index is 0.162. The molecule has 0 spiro atoms. The molecular weight excluding hydrogens is 804 g/mol. The second-order valence-electron chi connectivity index (χ2n) is 20.2. The maximum absolute atomic E-state index is 14.9. The van der Waals surface area contributed by atoms with Crippen LogP contribution in [0.15, 0.2) is 133 Å². The van der Waals surface area contributed by atoms with Crippen molar-refractivity contribution >= 4 is 11.8 Å². The molecule has 5 aliphatic rings.